The van der Waals surface area contributed by atoms with E-state index in [0.717, 1.165) is 12.1 Å². The summed E-state index contributed by atoms with van der Waals surface area (Å²) < 4.78 is 37.6. The fourth-order valence-electron chi connectivity index (χ4n) is 1.69. The van der Waals surface area contributed by atoms with Crippen molar-refractivity contribution in [2.45, 2.75) is 6.18 Å². The van der Waals surface area contributed by atoms with Crippen molar-refractivity contribution in [3.05, 3.63) is 45.9 Å². The van der Waals surface area contributed by atoms with Crippen molar-refractivity contribution in [2.24, 2.45) is 0 Å². The van der Waals surface area contributed by atoms with Crippen LogP contribution >= 0.6 is 0 Å². The third-order valence-electron chi connectivity index (χ3n) is 2.64. The van der Waals surface area contributed by atoms with Crippen LogP contribution in [-0.4, -0.2) is 17.9 Å². The van der Waals surface area contributed by atoms with Gasteiger partial charge in [0, 0.05) is 12.4 Å². The number of halogens is 3. The predicted molar refractivity (Wildman–Crippen MR) is 63.0 cm³/mol. The molecule has 0 fully saturated rings. The summed E-state index contributed by atoms with van der Waals surface area (Å²) in [5, 5.41) is 2.48. The molecule has 0 aliphatic carbocycles. The van der Waals surface area contributed by atoms with E-state index in [9.17, 15) is 22.8 Å². The minimum absolute atomic E-state index is 0.000223. The molecular formula is C12H9F3N2O2. The number of pyridine rings is 1. The minimum Gasteiger partial charge on any atom is -0.354 e. The van der Waals surface area contributed by atoms with Crippen molar-refractivity contribution >= 4 is 16.7 Å². The number of aromatic amines is 1. The number of alkyl halides is 3. The number of benzene rings is 1. The first-order chi connectivity index (χ1) is 8.82. The fraction of sp³-hybridized carbons (Fsp3) is 0.167. The predicted octanol–water partition coefficient (Wildman–Crippen LogP) is 1.91. The average molecular weight is 270 g/mol. The number of amides is 1. The van der Waals surface area contributed by atoms with E-state index in [1.807, 2.05) is 0 Å². The highest BCUT2D eigenvalue weighted by molar-refractivity contribution is 5.96. The average Bonchev–Trinajstić information content (AvgIpc) is 2.36. The van der Waals surface area contributed by atoms with Crippen LogP contribution in [0.25, 0.3) is 10.8 Å². The van der Waals surface area contributed by atoms with Gasteiger partial charge in [0.1, 0.15) is 5.69 Å². The van der Waals surface area contributed by atoms with Crippen molar-refractivity contribution < 1.29 is 18.0 Å². The first-order valence-corrected chi connectivity index (χ1v) is 5.29. The Morgan fingerprint density at radius 3 is 2.53 bits per heavy atom. The van der Waals surface area contributed by atoms with Gasteiger partial charge in [0.25, 0.3) is 11.5 Å². The van der Waals surface area contributed by atoms with Gasteiger partial charge in [0.2, 0.25) is 0 Å². The number of carbonyl (C=O) groups is 1. The number of fused-ring (bicyclic) bond motifs is 1. The van der Waals surface area contributed by atoms with Crippen LogP contribution < -0.4 is 10.9 Å². The zero-order valence-electron chi connectivity index (χ0n) is 9.76. The lowest BCUT2D eigenvalue weighted by Gasteiger charge is -2.08. The molecule has 2 N–H and O–H groups in total. The maximum atomic E-state index is 12.5. The molecule has 100 valence electrons. The summed E-state index contributed by atoms with van der Waals surface area (Å²) in [6.07, 6.45) is -4.51. The normalized spacial score (nSPS) is 11.6. The van der Waals surface area contributed by atoms with Gasteiger partial charge in [-0.05, 0) is 23.6 Å². The Balaban J connectivity index is 2.67. The molecule has 2 aromatic rings. The van der Waals surface area contributed by atoms with Crippen molar-refractivity contribution in [3.63, 3.8) is 0 Å². The topological polar surface area (TPSA) is 62.0 Å². The molecule has 7 heteroatoms. The van der Waals surface area contributed by atoms with E-state index in [-0.39, 0.29) is 16.5 Å². The summed E-state index contributed by atoms with van der Waals surface area (Å²) in [5.41, 5.74) is -1.64. The number of H-pyrrole nitrogens is 1. The first kappa shape index (κ1) is 13.1. The van der Waals surface area contributed by atoms with E-state index >= 15 is 0 Å². The van der Waals surface area contributed by atoms with Gasteiger partial charge in [0.15, 0.2) is 0 Å². The molecular weight excluding hydrogens is 261 g/mol. The van der Waals surface area contributed by atoms with E-state index in [1.54, 1.807) is 0 Å². The maximum Gasteiger partial charge on any atom is 0.416 e. The molecule has 19 heavy (non-hydrogen) atoms. The molecule has 2 rings (SSSR count). The van der Waals surface area contributed by atoms with Gasteiger partial charge in [-0.15, -0.1) is 0 Å². The Morgan fingerprint density at radius 2 is 1.95 bits per heavy atom. The fourth-order valence-corrected chi connectivity index (χ4v) is 1.69. The lowest BCUT2D eigenvalue weighted by atomic mass is 10.1. The van der Waals surface area contributed by atoms with Crippen LogP contribution in [0.5, 0.6) is 0 Å². The van der Waals surface area contributed by atoms with Crippen molar-refractivity contribution in [2.75, 3.05) is 7.05 Å². The van der Waals surface area contributed by atoms with E-state index in [2.05, 4.69) is 10.3 Å². The Hall–Kier alpha value is -2.31. The number of aromatic nitrogens is 1. The van der Waals surface area contributed by atoms with Gasteiger partial charge in [0.05, 0.1) is 5.56 Å². The van der Waals surface area contributed by atoms with Gasteiger partial charge in [-0.1, -0.05) is 6.07 Å². The van der Waals surface area contributed by atoms with Crippen molar-refractivity contribution in [3.8, 4) is 0 Å². The number of hydrogen-bond donors (Lipinski definition) is 2. The van der Waals surface area contributed by atoms with E-state index in [4.69, 9.17) is 0 Å². The summed E-state index contributed by atoms with van der Waals surface area (Å²) in [6, 6.07) is 4.13. The molecule has 0 unspecified atom stereocenters. The summed E-state index contributed by atoms with van der Waals surface area (Å²) in [7, 11) is 1.39. The molecule has 0 saturated carbocycles. The summed E-state index contributed by atoms with van der Waals surface area (Å²) >= 11 is 0. The van der Waals surface area contributed by atoms with E-state index < -0.39 is 23.2 Å². The van der Waals surface area contributed by atoms with Crippen LogP contribution in [-0.2, 0) is 6.18 Å². The second-order valence-electron chi connectivity index (χ2n) is 3.89. The molecule has 0 aliphatic rings. The van der Waals surface area contributed by atoms with Gasteiger partial charge in [-0.2, -0.15) is 13.2 Å². The van der Waals surface area contributed by atoms with E-state index in [0.29, 0.717) is 0 Å². The molecule has 0 radical (unpaired) electrons. The van der Waals surface area contributed by atoms with Crippen molar-refractivity contribution in [1.29, 1.82) is 0 Å². The summed E-state index contributed by atoms with van der Waals surface area (Å²) in [6.45, 7) is 0. The molecule has 1 amide bonds. The van der Waals surface area contributed by atoms with Crippen molar-refractivity contribution in [1.82, 2.24) is 10.3 Å². The van der Waals surface area contributed by atoms with E-state index in [1.165, 1.54) is 19.2 Å². The SMILES string of the molecule is CNC(=O)c1cc2ccc(C(F)(F)F)cc2c(=O)[nH]1. The second-order valence-corrected chi connectivity index (χ2v) is 3.89. The summed E-state index contributed by atoms with van der Waals surface area (Å²) in [4.78, 5) is 25.3. The van der Waals surface area contributed by atoms with Crippen LogP contribution in [0, 0.1) is 0 Å². The molecule has 1 heterocycles. The Labute approximate surface area is 105 Å². The lowest BCUT2D eigenvalue weighted by molar-refractivity contribution is -0.137. The molecule has 1 aromatic heterocycles. The monoisotopic (exact) mass is 270 g/mol. The van der Waals surface area contributed by atoms with Crippen LogP contribution in [0.3, 0.4) is 0 Å². The number of rotatable bonds is 1. The molecule has 4 nitrogen and oxygen atoms in total. The van der Waals surface area contributed by atoms with Crippen LogP contribution in [0.15, 0.2) is 29.1 Å². The summed E-state index contributed by atoms with van der Waals surface area (Å²) in [5.74, 6) is -0.515. The Bertz CT molecular complexity index is 704. The third-order valence-corrected chi connectivity index (χ3v) is 2.64. The van der Waals surface area contributed by atoms with Gasteiger partial charge < -0.3 is 10.3 Å². The number of carbonyl (C=O) groups excluding carboxylic acids is 1. The molecule has 0 spiro atoms. The highest BCUT2D eigenvalue weighted by Crippen LogP contribution is 2.30. The smallest absolute Gasteiger partial charge is 0.354 e. The minimum atomic E-state index is -4.51. The lowest BCUT2D eigenvalue weighted by Crippen LogP contribution is -2.22. The molecule has 0 saturated heterocycles. The number of nitrogens with one attached hydrogen (secondary N) is 2. The quantitative estimate of drug-likeness (QED) is 0.831. The van der Waals surface area contributed by atoms with Gasteiger partial charge in [-0.3, -0.25) is 9.59 Å². The maximum absolute atomic E-state index is 12.5. The first-order valence-electron chi connectivity index (χ1n) is 5.29. The largest absolute Gasteiger partial charge is 0.416 e. The molecule has 0 atom stereocenters. The second kappa shape index (κ2) is 4.42. The molecule has 0 bridgehead atoms. The molecule has 1 aromatic carbocycles. The van der Waals surface area contributed by atoms with Gasteiger partial charge in [-0.25, -0.2) is 0 Å². The zero-order valence-corrected chi connectivity index (χ0v) is 9.76. The number of hydrogen-bond acceptors (Lipinski definition) is 2. The Morgan fingerprint density at radius 1 is 1.26 bits per heavy atom. The van der Waals surface area contributed by atoms with Crippen LogP contribution in [0.2, 0.25) is 0 Å². The van der Waals surface area contributed by atoms with Gasteiger partial charge >= 0.3 is 6.18 Å². The highest BCUT2D eigenvalue weighted by atomic mass is 19.4. The van der Waals surface area contributed by atoms with Crippen LogP contribution in [0.1, 0.15) is 16.1 Å². The Kier molecular flexibility index (Phi) is 3.05. The zero-order chi connectivity index (χ0) is 14.2. The standard InChI is InChI=1S/C12H9F3N2O2/c1-16-11(19)9-4-6-2-3-7(12(13,14)15)5-8(6)10(18)17-9/h2-5H,1H3,(H,16,19)(H,17,18). The van der Waals surface area contributed by atoms with Crippen LogP contribution in [0.4, 0.5) is 13.2 Å². The highest BCUT2D eigenvalue weighted by Gasteiger charge is 2.30. The molecule has 0 aliphatic heterocycles. The third kappa shape index (κ3) is 2.44.